The molecule has 0 unspecified atom stereocenters. The first-order valence-corrected chi connectivity index (χ1v) is 6.73. The highest BCUT2D eigenvalue weighted by Crippen LogP contribution is 2.10. The summed E-state index contributed by atoms with van der Waals surface area (Å²) in [6, 6.07) is 8.16. The molecule has 0 aliphatic carbocycles. The number of aryl methyl sites for hydroxylation is 1. The lowest BCUT2D eigenvalue weighted by atomic mass is 10.1. The van der Waals surface area contributed by atoms with E-state index in [2.05, 4.69) is 10.3 Å². The molecule has 0 saturated heterocycles. The molecular formula is C15H19N3O3. The average Bonchev–Trinajstić information content (AvgIpc) is 2.83. The van der Waals surface area contributed by atoms with Crippen molar-refractivity contribution in [2.24, 2.45) is 0 Å². The Labute approximate surface area is 123 Å². The molecule has 21 heavy (non-hydrogen) atoms. The van der Waals surface area contributed by atoms with Crippen molar-refractivity contribution in [3.63, 3.8) is 0 Å². The number of carbonyl (C=O) groups excluding carboxylic acids is 1. The van der Waals surface area contributed by atoms with Crippen molar-refractivity contribution in [1.82, 2.24) is 15.0 Å². The molecule has 0 bridgehead atoms. The largest absolute Gasteiger partial charge is 0.458 e. The Morgan fingerprint density at radius 2 is 1.90 bits per heavy atom. The Hall–Kier alpha value is -2.21. The van der Waals surface area contributed by atoms with Gasteiger partial charge in [0.1, 0.15) is 6.61 Å². The molecule has 1 heterocycles. The molecule has 1 aromatic heterocycles. The van der Waals surface area contributed by atoms with E-state index in [-0.39, 0.29) is 12.3 Å². The summed E-state index contributed by atoms with van der Waals surface area (Å²) < 4.78 is 11.6. The molecule has 112 valence electrons. The number of ether oxygens (including phenoxy) is 2. The second kappa shape index (κ2) is 6.99. The van der Waals surface area contributed by atoms with Crippen molar-refractivity contribution in [1.29, 1.82) is 0 Å². The Morgan fingerprint density at radius 1 is 1.19 bits per heavy atom. The third-order valence-corrected chi connectivity index (χ3v) is 3.15. The number of esters is 1. The number of carbonyl (C=O) groups is 1. The Kier molecular flexibility index (Phi) is 5.05. The van der Waals surface area contributed by atoms with Crippen LogP contribution in [-0.2, 0) is 16.0 Å². The van der Waals surface area contributed by atoms with Crippen LogP contribution < -0.4 is 0 Å². The molecule has 0 radical (unpaired) electrons. The van der Waals surface area contributed by atoms with Gasteiger partial charge in [-0.15, -0.1) is 5.10 Å². The molecule has 0 N–H and O–H groups in total. The molecule has 0 aliphatic rings. The molecule has 0 aliphatic heterocycles. The second-order valence-corrected chi connectivity index (χ2v) is 4.80. The number of benzene rings is 1. The molecule has 0 amide bonds. The highest BCUT2D eigenvalue weighted by atomic mass is 16.6. The van der Waals surface area contributed by atoms with Crippen molar-refractivity contribution >= 4 is 5.97 Å². The predicted molar refractivity (Wildman–Crippen MR) is 77.2 cm³/mol. The summed E-state index contributed by atoms with van der Waals surface area (Å²) in [4.78, 5) is 11.9. The maximum Gasteiger partial charge on any atom is 0.360 e. The Morgan fingerprint density at radius 3 is 2.57 bits per heavy atom. The highest BCUT2D eigenvalue weighted by Gasteiger charge is 2.17. The minimum absolute atomic E-state index is 0.208. The molecule has 6 nitrogen and oxygen atoms in total. The van der Waals surface area contributed by atoms with E-state index in [9.17, 15) is 4.79 Å². The molecule has 0 saturated carbocycles. The average molecular weight is 289 g/mol. The first-order valence-electron chi connectivity index (χ1n) is 6.73. The third-order valence-electron chi connectivity index (χ3n) is 3.15. The number of rotatable bonds is 6. The molecule has 6 heteroatoms. The number of hydrogen-bond acceptors (Lipinski definition) is 5. The first-order chi connectivity index (χ1) is 10.1. The van der Waals surface area contributed by atoms with Crippen LogP contribution in [0.5, 0.6) is 0 Å². The quantitative estimate of drug-likeness (QED) is 0.598. The molecule has 2 rings (SSSR count). The summed E-state index contributed by atoms with van der Waals surface area (Å²) in [7, 11) is 1.55. The van der Waals surface area contributed by atoms with Gasteiger partial charge in [-0.2, -0.15) is 0 Å². The van der Waals surface area contributed by atoms with E-state index in [1.54, 1.807) is 18.7 Å². The van der Waals surface area contributed by atoms with Gasteiger partial charge in [-0.25, -0.2) is 9.48 Å². The zero-order valence-electron chi connectivity index (χ0n) is 12.5. The fourth-order valence-corrected chi connectivity index (χ4v) is 1.85. The maximum absolute atomic E-state index is 11.9. The van der Waals surface area contributed by atoms with E-state index in [4.69, 9.17) is 9.47 Å². The minimum Gasteiger partial charge on any atom is -0.458 e. The van der Waals surface area contributed by atoms with Crippen LogP contribution in [-0.4, -0.2) is 41.3 Å². The summed E-state index contributed by atoms with van der Waals surface area (Å²) in [6.07, 6.45) is 0. The van der Waals surface area contributed by atoms with E-state index in [0.717, 1.165) is 5.56 Å². The first kappa shape index (κ1) is 15.2. The number of methoxy groups -OCH3 is 1. The smallest absolute Gasteiger partial charge is 0.360 e. The summed E-state index contributed by atoms with van der Waals surface area (Å²) in [5.74, 6) is -0.472. The van der Waals surface area contributed by atoms with Gasteiger partial charge in [0.05, 0.1) is 18.8 Å². The molecule has 0 atom stereocenters. The van der Waals surface area contributed by atoms with Gasteiger partial charge in [-0.1, -0.05) is 35.0 Å². The monoisotopic (exact) mass is 289 g/mol. The standard InChI is InChI=1S/C15H19N3O3/c1-11-4-6-13(7-5-11)10-18-12(2)14(16-17-18)15(19)21-9-8-20-3/h4-7H,8-10H2,1-3H3. The van der Waals surface area contributed by atoms with E-state index in [0.29, 0.717) is 18.8 Å². The maximum atomic E-state index is 11.9. The number of aromatic nitrogens is 3. The predicted octanol–water partition coefficient (Wildman–Crippen LogP) is 1.75. The summed E-state index contributed by atoms with van der Waals surface area (Å²) in [6.45, 7) is 4.99. The molecule has 2 aromatic rings. The zero-order valence-corrected chi connectivity index (χ0v) is 12.5. The molecular weight excluding hydrogens is 270 g/mol. The second-order valence-electron chi connectivity index (χ2n) is 4.80. The summed E-state index contributed by atoms with van der Waals surface area (Å²) >= 11 is 0. The SMILES string of the molecule is COCCOC(=O)c1nnn(Cc2ccc(C)cc2)c1C. The summed E-state index contributed by atoms with van der Waals surface area (Å²) in [5.41, 5.74) is 3.25. The lowest BCUT2D eigenvalue weighted by Crippen LogP contribution is -2.12. The van der Waals surface area contributed by atoms with Gasteiger partial charge in [0, 0.05) is 7.11 Å². The van der Waals surface area contributed by atoms with E-state index in [1.807, 2.05) is 31.2 Å². The summed E-state index contributed by atoms with van der Waals surface area (Å²) in [5, 5.41) is 7.92. The van der Waals surface area contributed by atoms with Crippen LogP contribution in [0.4, 0.5) is 0 Å². The van der Waals surface area contributed by atoms with Crippen LogP contribution in [0, 0.1) is 13.8 Å². The van der Waals surface area contributed by atoms with E-state index >= 15 is 0 Å². The van der Waals surface area contributed by atoms with Crippen LogP contribution >= 0.6 is 0 Å². The molecule has 0 fully saturated rings. The van der Waals surface area contributed by atoms with Crippen LogP contribution in [0.1, 0.15) is 27.3 Å². The fourth-order valence-electron chi connectivity index (χ4n) is 1.85. The Balaban J connectivity index is 2.06. The minimum atomic E-state index is -0.472. The van der Waals surface area contributed by atoms with Crippen molar-refractivity contribution in [2.45, 2.75) is 20.4 Å². The van der Waals surface area contributed by atoms with Crippen LogP contribution in [0.25, 0.3) is 0 Å². The van der Waals surface area contributed by atoms with Crippen molar-refractivity contribution in [3.05, 3.63) is 46.8 Å². The van der Waals surface area contributed by atoms with Crippen molar-refractivity contribution in [3.8, 4) is 0 Å². The zero-order chi connectivity index (χ0) is 15.2. The van der Waals surface area contributed by atoms with Gasteiger partial charge in [-0.3, -0.25) is 0 Å². The van der Waals surface area contributed by atoms with Crippen molar-refractivity contribution in [2.75, 3.05) is 20.3 Å². The van der Waals surface area contributed by atoms with Gasteiger partial charge < -0.3 is 9.47 Å². The number of nitrogens with zero attached hydrogens (tertiary/aromatic N) is 3. The van der Waals surface area contributed by atoms with E-state index < -0.39 is 5.97 Å². The molecule has 1 aromatic carbocycles. The fraction of sp³-hybridized carbons (Fsp3) is 0.400. The van der Waals surface area contributed by atoms with Gasteiger partial charge in [0.15, 0.2) is 5.69 Å². The normalized spacial score (nSPS) is 10.6. The Bertz CT molecular complexity index is 605. The van der Waals surface area contributed by atoms with E-state index in [1.165, 1.54) is 5.56 Å². The van der Waals surface area contributed by atoms with Crippen LogP contribution in [0.3, 0.4) is 0 Å². The lowest BCUT2D eigenvalue weighted by molar-refractivity contribution is 0.0380. The molecule has 0 spiro atoms. The van der Waals surface area contributed by atoms with Crippen LogP contribution in [0.2, 0.25) is 0 Å². The lowest BCUT2D eigenvalue weighted by Gasteiger charge is -2.05. The number of hydrogen-bond donors (Lipinski definition) is 0. The van der Waals surface area contributed by atoms with Gasteiger partial charge in [0.2, 0.25) is 0 Å². The van der Waals surface area contributed by atoms with Gasteiger partial charge >= 0.3 is 5.97 Å². The van der Waals surface area contributed by atoms with Crippen LogP contribution in [0.15, 0.2) is 24.3 Å². The highest BCUT2D eigenvalue weighted by molar-refractivity contribution is 5.88. The van der Waals surface area contributed by atoms with Gasteiger partial charge in [-0.05, 0) is 19.4 Å². The topological polar surface area (TPSA) is 66.2 Å². The third kappa shape index (κ3) is 3.88. The van der Waals surface area contributed by atoms with Gasteiger partial charge in [0.25, 0.3) is 0 Å². The van der Waals surface area contributed by atoms with Crippen molar-refractivity contribution < 1.29 is 14.3 Å².